The van der Waals surface area contributed by atoms with E-state index >= 15 is 0 Å². The maximum absolute atomic E-state index is 4.54. The Balaban J connectivity index is 1.80. The van der Waals surface area contributed by atoms with Gasteiger partial charge in [0.2, 0.25) is 0 Å². The van der Waals surface area contributed by atoms with E-state index in [4.69, 9.17) is 0 Å². The summed E-state index contributed by atoms with van der Waals surface area (Å²) in [4.78, 5) is 4.54. The largest absolute Gasteiger partial charge is 0.289 e. The Kier molecular flexibility index (Phi) is 2.63. The second kappa shape index (κ2) is 4.92. The van der Waals surface area contributed by atoms with Gasteiger partial charge in [0.1, 0.15) is 17.1 Å². The number of hydrogen-bond donors (Lipinski definition) is 1. The molecule has 1 aromatic heterocycles. The fraction of sp³-hybridized carbons (Fsp3) is 0. The summed E-state index contributed by atoms with van der Waals surface area (Å²) < 4.78 is 1.42. The van der Waals surface area contributed by atoms with Gasteiger partial charge in [0.05, 0.1) is 5.69 Å². The Hall–Kier alpha value is -3.68. The third kappa shape index (κ3) is 1.86. The Labute approximate surface area is 135 Å². The summed E-state index contributed by atoms with van der Waals surface area (Å²) in [6.45, 7) is 0. The lowest BCUT2D eigenvalue weighted by atomic mass is 10.2. The molecule has 3 aromatic rings. The zero-order valence-corrected chi connectivity index (χ0v) is 12.3. The Morgan fingerprint density at radius 1 is 0.833 bits per heavy atom. The maximum Gasteiger partial charge on any atom is 0.289 e. The van der Waals surface area contributed by atoms with E-state index in [9.17, 15) is 0 Å². The van der Waals surface area contributed by atoms with Gasteiger partial charge >= 0.3 is 0 Å². The predicted molar refractivity (Wildman–Crippen MR) is 87.7 cm³/mol. The fourth-order valence-corrected chi connectivity index (χ4v) is 2.71. The van der Waals surface area contributed by atoms with Gasteiger partial charge in [-0.3, -0.25) is 0 Å². The van der Waals surface area contributed by atoms with Crippen LogP contribution in [0.25, 0.3) is 27.9 Å². The first-order valence-electron chi connectivity index (χ1n) is 7.35. The smallest absolute Gasteiger partial charge is 0.206 e. The van der Waals surface area contributed by atoms with Gasteiger partial charge in [0, 0.05) is 10.8 Å². The molecule has 0 saturated heterocycles. The van der Waals surface area contributed by atoms with Crippen molar-refractivity contribution in [2.45, 2.75) is 0 Å². The number of nitrogens with one attached hydrogen (secondary N) is 1. The highest BCUT2D eigenvalue weighted by Gasteiger charge is 2.22. The molecule has 0 saturated carbocycles. The van der Waals surface area contributed by atoms with Gasteiger partial charge in [0.15, 0.2) is 0 Å². The van der Waals surface area contributed by atoms with Gasteiger partial charge in [-0.1, -0.05) is 47.6 Å². The first-order valence-corrected chi connectivity index (χ1v) is 7.35. The van der Waals surface area contributed by atoms with Crippen molar-refractivity contribution in [1.82, 2.24) is 30.2 Å². The lowest BCUT2D eigenvalue weighted by Crippen LogP contribution is -1.99. The molecule has 0 radical (unpaired) electrons. The topological polar surface area (TPSA) is 96.5 Å². The molecule has 0 atom stereocenters. The van der Waals surface area contributed by atoms with Gasteiger partial charge in [0.25, 0.3) is 5.78 Å². The average Bonchev–Trinajstić information content (AvgIpc) is 3.21. The lowest BCUT2D eigenvalue weighted by Gasteiger charge is -1.98. The second-order valence-corrected chi connectivity index (χ2v) is 5.25. The van der Waals surface area contributed by atoms with Gasteiger partial charge in [-0.2, -0.15) is 10.3 Å². The molecule has 1 N–H and O–H groups in total. The Morgan fingerprint density at radius 2 is 1.62 bits per heavy atom. The molecule has 2 aromatic carbocycles. The zero-order chi connectivity index (χ0) is 15.9. The number of hydrogen-bond acceptors (Lipinski definition) is 6. The van der Waals surface area contributed by atoms with Crippen molar-refractivity contribution in [3.05, 3.63) is 54.6 Å². The van der Waals surface area contributed by atoms with Crippen LogP contribution in [-0.4, -0.2) is 30.2 Å². The molecule has 0 spiro atoms. The molecule has 2 aliphatic rings. The van der Waals surface area contributed by atoms with Gasteiger partial charge < -0.3 is 0 Å². The van der Waals surface area contributed by atoms with Crippen LogP contribution in [0.1, 0.15) is 0 Å². The van der Waals surface area contributed by atoms with Crippen molar-refractivity contribution in [3.63, 3.8) is 0 Å². The highest BCUT2D eigenvalue weighted by Crippen LogP contribution is 2.42. The fourth-order valence-electron chi connectivity index (χ4n) is 2.71. The van der Waals surface area contributed by atoms with Gasteiger partial charge in [-0.05, 0) is 17.3 Å². The second-order valence-electron chi connectivity index (χ2n) is 5.25. The van der Waals surface area contributed by atoms with Crippen LogP contribution in [0.4, 0.5) is 11.4 Å². The molecule has 2 heterocycles. The predicted octanol–water partition coefficient (Wildman–Crippen LogP) is 3.52. The van der Waals surface area contributed by atoms with E-state index in [1.807, 2.05) is 54.6 Å². The first-order chi connectivity index (χ1) is 11.9. The van der Waals surface area contributed by atoms with Crippen LogP contribution in [0.5, 0.6) is 0 Å². The minimum absolute atomic E-state index is 0.407. The molecular weight excluding hydrogens is 304 g/mol. The molecular formula is C16H10N8. The van der Waals surface area contributed by atoms with Crippen molar-refractivity contribution in [2.24, 2.45) is 10.2 Å². The number of azo groups is 1. The van der Waals surface area contributed by atoms with Crippen molar-refractivity contribution >= 4 is 27.9 Å². The lowest BCUT2D eigenvalue weighted by molar-refractivity contribution is 0.730. The van der Waals surface area contributed by atoms with Crippen LogP contribution < -0.4 is 0 Å². The molecule has 8 heteroatoms. The minimum Gasteiger partial charge on any atom is -0.206 e. The molecule has 114 valence electrons. The summed E-state index contributed by atoms with van der Waals surface area (Å²) in [5, 5.41) is 25.5. The highest BCUT2D eigenvalue weighted by atomic mass is 15.6. The Bertz CT molecular complexity index is 1150. The van der Waals surface area contributed by atoms with E-state index in [-0.39, 0.29) is 0 Å². The normalized spacial score (nSPS) is 12.0. The SMILES string of the molecule is c1ccc(N=Nc2c3nn4[nH]nnc4nc-3c3ccccc23)cc1. The van der Waals surface area contributed by atoms with E-state index in [0.717, 1.165) is 22.2 Å². The van der Waals surface area contributed by atoms with Crippen LogP contribution in [-0.2, 0) is 0 Å². The maximum atomic E-state index is 4.54. The van der Waals surface area contributed by atoms with Gasteiger partial charge in [-0.15, -0.1) is 14.8 Å². The Morgan fingerprint density at radius 3 is 2.50 bits per heavy atom. The zero-order valence-electron chi connectivity index (χ0n) is 12.3. The quantitative estimate of drug-likeness (QED) is 0.504. The van der Waals surface area contributed by atoms with Crippen LogP contribution >= 0.6 is 0 Å². The van der Waals surface area contributed by atoms with Crippen LogP contribution in [0, 0.1) is 0 Å². The summed E-state index contributed by atoms with van der Waals surface area (Å²) in [6.07, 6.45) is 0. The summed E-state index contributed by atoms with van der Waals surface area (Å²) in [5.74, 6) is 0.407. The molecule has 0 amide bonds. The number of benzene rings is 2. The molecule has 0 fully saturated rings. The molecule has 0 unspecified atom stereocenters. The van der Waals surface area contributed by atoms with E-state index < -0.39 is 0 Å². The molecule has 1 aliphatic carbocycles. The highest BCUT2D eigenvalue weighted by molar-refractivity contribution is 6.09. The average molecular weight is 314 g/mol. The number of H-pyrrole nitrogens is 1. The van der Waals surface area contributed by atoms with E-state index in [1.54, 1.807) is 0 Å². The molecule has 8 nitrogen and oxygen atoms in total. The molecule has 5 rings (SSSR count). The van der Waals surface area contributed by atoms with Crippen molar-refractivity contribution in [2.75, 3.05) is 0 Å². The molecule has 0 bridgehead atoms. The summed E-state index contributed by atoms with van der Waals surface area (Å²) in [7, 11) is 0. The van der Waals surface area contributed by atoms with Crippen molar-refractivity contribution in [1.29, 1.82) is 0 Å². The third-order valence-electron chi connectivity index (χ3n) is 3.79. The van der Waals surface area contributed by atoms with Crippen LogP contribution in [0.2, 0.25) is 0 Å². The number of fused-ring (bicyclic) bond motifs is 4. The minimum atomic E-state index is 0.407. The number of nitrogens with zero attached hydrogens (tertiary/aromatic N) is 7. The number of tetrazole rings is 1. The van der Waals surface area contributed by atoms with E-state index in [1.165, 1.54) is 4.63 Å². The number of rotatable bonds is 2. The van der Waals surface area contributed by atoms with Crippen molar-refractivity contribution in [3.8, 4) is 11.4 Å². The summed E-state index contributed by atoms with van der Waals surface area (Å²) in [6, 6.07) is 17.5. The van der Waals surface area contributed by atoms with E-state index in [0.29, 0.717) is 17.2 Å². The summed E-state index contributed by atoms with van der Waals surface area (Å²) >= 11 is 0. The number of aromatic nitrogens is 6. The molecule has 1 aliphatic heterocycles. The first kappa shape index (κ1) is 12.8. The van der Waals surface area contributed by atoms with Crippen LogP contribution in [0.3, 0.4) is 0 Å². The van der Waals surface area contributed by atoms with E-state index in [2.05, 4.69) is 35.8 Å². The monoisotopic (exact) mass is 314 g/mol. The third-order valence-corrected chi connectivity index (χ3v) is 3.79. The van der Waals surface area contributed by atoms with Crippen molar-refractivity contribution < 1.29 is 0 Å². The van der Waals surface area contributed by atoms with Crippen LogP contribution in [0.15, 0.2) is 64.8 Å². The number of aromatic amines is 1. The molecule has 24 heavy (non-hydrogen) atoms. The van der Waals surface area contributed by atoms with Gasteiger partial charge in [-0.25, -0.2) is 4.98 Å². The standard InChI is InChI=1S/C16H10N8/c1-2-6-10(7-3-1)18-19-14-12-9-5-4-8-11(12)13-15(14)21-24-16(17-13)20-22-23-24/h1-9H,(H,17,20,23). The summed E-state index contributed by atoms with van der Waals surface area (Å²) in [5.41, 5.74) is 2.85.